The maximum Gasteiger partial charge on any atom is 0.339 e. The number of hydrogen-bond donors (Lipinski definition) is 1. The molecule has 0 aliphatic rings. The molecule has 0 heterocycles. The van der Waals surface area contributed by atoms with Crippen LogP contribution in [0, 0.1) is 0 Å². The van der Waals surface area contributed by atoms with Crippen LogP contribution in [0.2, 0.25) is 0 Å². The second-order valence-electron chi connectivity index (χ2n) is 4.16. The Labute approximate surface area is 119 Å². The Morgan fingerprint density at radius 3 is 2.45 bits per heavy atom. The number of carboxylic acids is 1. The third-order valence-corrected chi connectivity index (χ3v) is 4.84. The van der Waals surface area contributed by atoms with Crippen LogP contribution < -0.4 is 4.74 Å². The number of sulfonamides is 1. The van der Waals surface area contributed by atoms with E-state index < -0.39 is 16.0 Å². The van der Waals surface area contributed by atoms with Crippen molar-refractivity contribution in [1.29, 1.82) is 0 Å². The van der Waals surface area contributed by atoms with Crippen molar-refractivity contribution in [2.24, 2.45) is 0 Å². The zero-order valence-corrected chi connectivity index (χ0v) is 12.6. The van der Waals surface area contributed by atoms with Crippen LogP contribution in [-0.2, 0) is 10.0 Å². The first kappa shape index (κ1) is 16.5. The predicted octanol–water partition coefficient (Wildman–Crippen LogP) is 1.81. The molecule has 0 saturated heterocycles. The van der Waals surface area contributed by atoms with Gasteiger partial charge >= 0.3 is 5.97 Å². The van der Waals surface area contributed by atoms with Gasteiger partial charge in [0.1, 0.15) is 11.3 Å². The fourth-order valence-electron chi connectivity index (χ4n) is 1.86. The van der Waals surface area contributed by atoms with Gasteiger partial charge in [-0.2, -0.15) is 4.31 Å². The highest BCUT2D eigenvalue weighted by Gasteiger charge is 2.24. The molecule has 112 valence electrons. The molecular formula is C13H19NO5S. The Hall–Kier alpha value is -1.60. The zero-order chi connectivity index (χ0) is 15.3. The van der Waals surface area contributed by atoms with Crippen molar-refractivity contribution in [2.45, 2.75) is 25.2 Å². The topological polar surface area (TPSA) is 83.9 Å². The average molecular weight is 301 g/mol. The molecule has 0 bridgehead atoms. The molecule has 0 atom stereocenters. The normalized spacial score (nSPS) is 11.6. The van der Waals surface area contributed by atoms with Gasteiger partial charge in [0.25, 0.3) is 0 Å². The van der Waals surface area contributed by atoms with Crippen LogP contribution in [0.25, 0.3) is 0 Å². The first-order chi connectivity index (χ1) is 9.38. The van der Waals surface area contributed by atoms with Gasteiger partial charge in [-0.15, -0.1) is 0 Å². The van der Waals surface area contributed by atoms with Gasteiger partial charge in [0, 0.05) is 13.1 Å². The van der Waals surface area contributed by atoms with Crippen LogP contribution >= 0.6 is 0 Å². The summed E-state index contributed by atoms with van der Waals surface area (Å²) in [5.74, 6) is -1.09. The summed E-state index contributed by atoms with van der Waals surface area (Å²) >= 11 is 0. The third-order valence-electron chi connectivity index (χ3n) is 2.86. The van der Waals surface area contributed by atoms with Gasteiger partial charge in [-0.1, -0.05) is 13.8 Å². The monoisotopic (exact) mass is 301 g/mol. The molecule has 0 unspecified atom stereocenters. The van der Waals surface area contributed by atoms with E-state index in [9.17, 15) is 13.2 Å². The van der Waals surface area contributed by atoms with Crippen LogP contribution in [0.1, 0.15) is 30.6 Å². The maximum atomic E-state index is 12.4. The summed E-state index contributed by atoms with van der Waals surface area (Å²) < 4.78 is 31.1. The largest absolute Gasteiger partial charge is 0.496 e. The van der Waals surface area contributed by atoms with Gasteiger partial charge in [0.05, 0.1) is 12.0 Å². The first-order valence-electron chi connectivity index (χ1n) is 6.29. The average Bonchev–Trinajstić information content (AvgIpc) is 2.43. The summed E-state index contributed by atoms with van der Waals surface area (Å²) in [6, 6.07) is 3.85. The van der Waals surface area contributed by atoms with Crippen molar-refractivity contribution in [3.05, 3.63) is 23.8 Å². The summed E-state index contributed by atoms with van der Waals surface area (Å²) in [7, 11) is -2.34. The molecule has 0 fully saturated rings. The Bertz CT molecular complexity index is 582. The Morgan fingerprint density at radius 1 is 1.35 bits per heavy atom. The lowest BCUT2D eigenvalue weighted by atomic mass is 10.2. The minimum Gasteiger partial charge on any atom is -0.496 e. The number of methoxy groups -OCH3 is 1. The summed E-state index contributed by atoms with van der Waals surface area (Å²) in [6.45, 7) is 4.36. The molecule has 0 radical (unpaired) electrons. The highest BCUT2D eigenvalue weighted by molar-refractivity contribution is 7.89. The second-order valence-corrected chi connectivity index (χ2v) is 6.10. The Kier molecular flexibility index (Phi) is 5.52. The van der Waals surface area contributed by atoms with E-state index in [0.29, 0.717) is 19.5 Å². The fraction of sp³-hybridized carbons (Fsp3) is 0.462. The van der Waals surface area contributed by atoms with E-state index in [1.54, 1.807) is 6.92 Å². The minimum atomic E-state index is -3.68. The maximum absolute atomic E-state index is 12.4. The van der Waals surface area contributed by atoms with Crippen molar-refractivity contribution in [1.82, 2.24) is 4.31 Å². The number of ether oxygens (including phenoxy) is 1. The third kappa shape index (κ3) is 3.29. The summed E-state index contributed by atoms with van der Waals surface area (Å²) in [4.78, 5) is 11.1. The van der Waals surface area contributed by atoms with Crippen molar-refractivity contribution in [3.8, 4) is 5.75 Å². The SMILES string of the molecule is CCCN(CC)S(=O)(=O)c1ccc(OC)c(C(=O)O)c1. The molecule has 20 heavy (non-hydrogen) atoms. The molecule has 0 aliphatic heterocycles. The lowest BCUT2D eigenvalue weighted by Crippen LogP contribution is -2.31. The molecule has 1 rings (SSSR count). The molecule has 0 amide bonds. The van der Waals surface area contributed by atoms with Crippen molar-refractivity contribution in [2.75, 3.05) is 20.2 Å². The molecule has 0 spiro atoms. The Morgan fingerprint density at radius 2 is 2.00 bits per heavy atom. The number of hydrogen-bond acceptors (Lipinski definition) is 4. The zero-order valence-electron chi connectivity index (χ0n) is 11.8. The number of carboxylic acid groups (broad SMARTS) is 1. The van der Waals surface area contributed by atoms with Gasteiger partial charge in [0.15, 0.2) is 0 Å². The van der Waals surface area contributed by atoms with Gasteiger partial charge in [0.2, 0.25) is 10.0 Å². The predicted molar refractivity (Wildman–Crippen MR) is 74.7 cm³/mol. The fourth-order valence-corrected chi connectivity index (χ4v) is 3.43. The molecule has 0 saturated carbocycles. The highest BCUT2D eigenvalue weighted by atomic mass is 32.2. The van der Waals surface area contributed by atoms with E-state index in [4.69, 9.17) is 9.84 Å². The van der Waals surface area contributed by atoms with Crippen LogP contribution in [0.5, 0.6) is 5.75 Å². The van der Waals surface area contributed by atoms with Gasteiger partial charge in [-0.05, 0) is 24.6 Å². The summed E-state index contributed by atoms with van der Waals surface area (Å²) in [6.07, 6.45) is 0.689. The minimum absolute atomic E-state index is 0.0361. The highest BCUT2D eigenvalue weighted by Crippen LogP contribution is 2.24. The van der Waals surface area contributed by atoms with Crippen molar-refractivity contribution < 1.29 is 23.1 Å². The summed E-state index contributed by atoms with van der Waals surface area (Å²) in [5, 5.41) is 9.10. The molecule has 7 heteroatoms. The molecule has 6 nitrogen and oxygen atoms in total. The van der Waals surface area contributed by atoms with E-state index in [2.05, 4.69) is 0 Å². The molecule has 1 aromatic carbocycles. The molecule has 1 N–H and O–H groups in total. The standard InChI is InChI=1S/C13H19NO5S/c1-4-8-14(5-2)20(17,18)10-6-7-12(19-3)11(9-10)13(15)16/h6-7,9H,4-5,8H2,1-3H3,(H,15,16). The van der Waals surface area contributed by atoms with Gasteiger partial charge in [-0.3, -0.25) is 0 Å². The second kappa shape index (κ2) is 6.71. The first-order valence-corrected chi connectivity index (χ1v) is 7.73. The van der Waals surface area contributed by atoms with Crippen molar-refractivity contribution in [3.63, 3.8) is 0 Å². The molecule has 0 aliphatic carbocycles. The van der Waals surface area contributed by atoms with E-state index in [-0.39, 0.29) is 16.2 Å². The van der Waals surface area contributed by atoms with Crippen LogP contribution in [-0.4, -0.2) is 44.0 Å². The van der Waals surface area contributed by atoms with Crippen LogP contribution in [0.15, 0.2) is 23.1 Å². The summed E-state index contributed by atoms with van der Waals surface area (Å²) in [5.41, 5.74) is -0.166. The molecule has 0 aromatic heterocycles. The molecular weight excluding hydrogens is 282 g/mol. The number of benzene rings is 1. The van der Waals surface area contributed by atoms with Gasteiger partial charge in [-0.25, -0.2) is 13.2 Å². The van der Waals surface area contributed by atoms with E-state index in [0.717, 1.165) is 6.07 Å². The van der Waals surface area contributed by atoms with Crippen LogP contribution in [0.4, 0.5) is 0 Å². The van der Waals surface area contributed by atoms with Crippen molar-refractivity contribution >= 4 is 16.0 Å². The lowest BCUT2D eigenvalue weighted by Gasteiger charge is -2.20. The van der Waals surface area contributed by atoms with E-state index in [1.807, 2.05) is 6.92 Å². The number of rotatable bonds is 7. The lowest BCUT2D eigenvalue weighted by molar-refractivity contribution is 0.0693. The van der Waals surface area contributed by atoms with E-state index in [1.165, 1.54) is 23.5 Å². The van der Waals surface area contributed by atoms with Crippen LogP contribution in [0.3, 0.4) is 0 Å². The number of carbonyl (C=O) groups is 1. The quantitative estimate of drug-likeness (QED) is 0.830. The van der Waals surface area contributed by atoms with E-state index >= 15 is 0 Å². The molecule has 1 aromatic rings. The van der Waals surface area contributed by atoms with Gasteiger partial charge < -0.3 is 9.84 Å². The smallest absolute Gasteiger partial charge is 0.339 e. The Balaban J connectivity index is 3.32. The number of aromatic carboxylic acids is 1. The number of nitrogens with zero attached hydrogens (tertiary/aromatic N) is 1.